The molecule has 0 bridgehead atoms. The topological polar surface area (TPSA) is 17.1 Å². The van der Waals surface area contributed by atoms with Crippen molar-refractivity contribution in [3.05, 3.63) is 29.3 Å². The summed E-state index contributed by atoms with van der Waals surface area (Å²) in [6, 6.07) is 7.14. The summed E-state index contributed by atoms with van der Waals surface area (Å²) in [6.07, 6.45) is 0. The van der Waals surface area contributed by atoms with Crippen LogP contribution in [0.1, 0.15) is 0 Å². The molecule has 0 aliphatic rings. The van der Waals surface area contributed by atoms with Crippen molar-refractivity contribution in [2.45, 2.75) is 0 Å². The normalized spacial score (nSPS) is 11.5. The third-order valence-corrected chi connectivity index (χ3v) is 3.24. The first kappa shape index (κ1) is 8.83. The van der Waals surface area contributed by atoms with Gasteiger partial charge in [-0.25, -0.2) is 0 Å². The first-order valence-corrected chi connectivity index (χ1v) is 6.29. The van der Waals surface area contributed by atoms with Crippen LogP contribution in [0.5, 0.6) is 0 Å². The Kier molecular flexibility index (Phi) is 2.41. The molecule has 0 spiro atoms. The van der Waals surface area contributed by atoms with E-state index in [0.717, 1.165) is 5.30 Å². The monoisotopic (exact) mass is 188 g/mol. The highest BCUT2D eigenvalue weighted by Gasteiger charge is 2.09. The molecule has 11 heavy (non-hydrogen) atoms. The molecular formula is C8H10ClOP. The third-order valence-electron chi connectivity index (χ3n) is 1.45. The second kappa shape index (κ2) is 3.00. The Balaban J connectivity index is 3.09. The zero-order valence-corrected chi connectivity index (χ0v) is 8.19. The number of hydrogen-bond acceptors (Lipinski definition) is 1. The van der Waals surface area contributed by atoms with Crippen molar-refractivity contribution in [2.24, 2.45) is 0 Å². The molecule has 0 unspecified atom stereocenters. The SMILES string of the molecule is CP(C)(=O)c1ccc(Cl)cc1. The van der Waals surface area contributed by atoms with Crippen LogP contribution in [0, 0.1) is 0 Å². The van der Waals surface area contributed by atoms with Crippen LogP contribution in [0.3, 0.4) is 0 Å². The molecule has 0 atom stereocenters. The van der Waals surface area contributed by atoms with Crippen molar-refractivity contribution in [3.8, 4) is 0 Å². The number of halogens is 1. The maximum absolute atomic E-state index is 11.5. The van der Waals surface area contributed by atoms with Gasteiger partial charge in [-0.3, -0.25) is 0 Å². The Morgan fingerprint density at radius 1 is 1.18 bits per heavy atom. The highest BCUT2D eigenvalue weighted by Crippen LogP contribution is 2.34. The Hall–Kier alpha value is -0.260. The zero-order valence-electron chi connectivity index (χ0n) is 6.54. The van der Waals surface area contributed by atoms with E-state index in [0.29, 0.717) is 5.02 Å². The van der Waals surface area contributed by atoms with Crippen LogP contribution in [0.15, 0.2) is 24.3 Å². The van der Waals surface area contributed by atoms with E-state index in [2.05, 4.69) is 0 Å². The summed E-state index contributed by atoms with van der Waals surface area (Å²) in [5.41, 5.74) is 0. The lowest BCUT2D eigenvalue weighted by molar-refractivity contribution is 0.588. The lowest BCUT2D eigenvalue weighted by atomic mass is 10.4. The summed E-state index contributed by atoms with van der Waals surface area (Å²) in [5, 5.41) is 1.56. The quantitative estimate of drug-likeness (QED) is 0.619. The Morgan fingerprint density at radius 3 is 2.00 bits per heavy atom. The largest absolute Gasteiger partial charge is 0.319 e. The molecule has 0 aliphatic carbocycles. The molecule has 3 heteroatoms. The van der Waals surface area contributed by atoms with Crippen molar-refractivity contribution in [1.82, 2.24) is 0 Å². The second-order valence-corrected chi connectivity index (χ2v) is 6.48. The van der Waals surface area contributed by atoms with E-state index >= 15 is 0 Å². The maximum atomic E-state index is 11.5. The van der Waals surface area contributed by atoms with Gasteiger partial charge in [0.25, 0.3) is 0 Å². The predicted octanol–water partition coefficient (Wildman–Crippen LogP) is 2.59. The van der Waals surface area contributed by atoms with Crippen LogP contribution in [0.4, 0.5) is 0 Å². The number of rotatable bonds is 1. The van der Waals surface area contributed by atoms with Gasteiger partial charge in [0, 0.05) is 10.3 Å². The van der Waals surface area contributed by atoms with Crippen molar-refractivity contribution >= 4 is 24.0 Å². The van der Waals surface area contributed by atoms with Crippen molar-refractivity contribution < 1.29 is 4.57 Å². The van der Waals surface area contributed by atoms with Crippen LogP contribution < -0.4 is 5.30 Å². The average molecular weight is 189 g/mol. The van der Waals surface area contributed by atoms with Gasteiger partial charge in [0.1, 0.15) is 7.14 Å². The van der Waals surface area contributed by atoms with E-state index in [1.807, 2.05) is 12.1 Å². The minimum absolute atomic E-state index is 0.683. The van der Waals surface area contributed by atoms with Gasteiger partial charge in [-0.2, -0.15) is 0 Å². The summed E-state index contributed by atoms with van der Waals surface area (Å²) in [6.45, 7) is 3.49. The summed E-state index contributed by atoms with van der Waals surface area (Å²) in [5.74, 6) is 0. The molecule has 0 amide bonds. The van der Waals surface area contributed by atoms with Gasteiger partial charge < -0.3 is 4.57 Å². The maximum Gasteiger partial charge on any atom is 0.109 e. The van der Waals surface area contributed by atoms with Crippen LogP contribution in [-0.2, 0) is 4.57 Å². The molecule has 0 fully saturated rings. The van der Waals surface area contributed by atoms with E-state index in [-0.39, 0.29) is 0 Å². The molecule has 0 aliphatic heterocycles. The molecule has 0 saturated heterocycles. The first-order valence-electron chi connectivity index (χ1n) is 3.31. The molecular weight excluding hydrogens is 179 g/mol. The summed E-state index contributed by atoms with van der Waals surface area (Å²) in [7, 11) is -2.10. The average Bonchev–Trinajstić information content (AvgIpc) is 1.86. The molecule has 1 rings (SSSR count). The fourth-order valence-corrected chi connectivity index (χ4v) is 1.79. The van der Waals surface area contributed by atoms with Gasteiger partial charge in [0.15, 0.2) is 0 Å². The van der Waals surface area contributed by atoms with Gasteiger partial charge in [-0.1, -0.05) is 23.7 Å². The standard InChI is InChI=1S/C8H10ClOP/c1-11(2,10)8-5-3-7(9)4-6-8/h3-6H,1-2H3. The van der Waals surface area contributed by atoms with E-state index in [1.165, 1.54) is 0 Å². The zero-order chi connectivity index (χ0) is 8.48. The molecule has 0 aromatic heterocycles. The third kappa shape index (κ3) is 2.36. The van der Waals surface area contributed by atoms with Gasteiger partial charge in [-0.15, -0.1) is 0 Å². The van der Waals surface area contributed by atoms with E-state index < -0.39 is 7.14 Å². The molecule has 0 heterocycles. The molecule has 1 aromatic rings. The smallest absolute Gasteiger partial charge is 0.109 e. The molecule has 1 aromatic carbocycles. The lowest BCUT2D eigenvalue weighted by Crippen LogP contribution is -2.00. The summed E-state index contributed by atoms with van der Waals surface area (Å²) >= 11 is 5.67. The molecule has 0 N–H and O–H groups in total. The van der Waals surface area contributed by atoms with Gasteiger partial charge in [0.2, 0.25) is 0 Å². The highest BCUT2D eigenvalue weighted by atomic mass is 35.5. The fourth-order valence-electron chi connectivity index (χ4n) is 0.800. The molecule has 0 saturated carbocycles. The van der Waals surface area contributed by atoms with Crippen LogP contribution in [0.25, 0.3) is 0 Å². The highest BCUT2D eigenvalue weighted by molar-refractivity contribution is 7.70. The van der Waals surface area contributed by atoms with Gasteiger partial charge in [0.05, 0.1) is 0 Å². The van der Waals surface area contributed by atoms with Crippen LogP contribution in [0.2, 0.25) is 5.02 Å². The first-order chi connectivity index (χ1) is 5.00. The van der Waals surface area contributed by atoms with E-state index in [9.17, 15) is 4.57 Å². The van der Waals surface area contributed by atoms with Crippen molar-refractivity contribution in [2.75, 3.05) is 13.3 Å². The van der Waals surface area contributed by atoms with Crippen molar-refractivity contribution in [3.63, 3.8) is 0 Å². The van der Waals surface area contributed by atoms with E-state index in [4.69, 9.17) is 11.6 Å². The Bertz CT molecular complexity index is 285. The molecule has 60 valence electrons. The minimum Gasteiger partial charge on any atom is -0.319 e. The summed E-state index contributed by atoms with van der Waals surface area (Å²) in [4.78, 5) is 0. The minimum atomic E-state index is -2.10. The fraction of sp³-hybridized carbons (Fsp3) is 0.250. The van der Waals surface area contributed by atoms with Crippen LogP contribution in [-0.4, -0.2) is 13.3 Å². The lowest BCUT2D eigenvalue weighted by Gasteiger charge is -2.05. The van der Waals surface area contributed by atoms with Gasteiger partial charge >= 0.3 is 0 Å². The molecule has 0 radical (unpaired) electrons. The Morgan fingerprint density at radius 2 is 1.64 bits per heavy atom. The summed E-state index contributed by atoms with van der Waals surface area (Å²) < 4.78 is 11.5. The predicted molar refractivity (Wildman–Crippen MR) is 50.5 cm³/mol. The van der Waals surface area contributed by atoms with Crippen LogP contribution >= 0.6 is 18.7 Å². The second-order valence-electron chi connectivity index (χ2n) is 2.83. The number of hydrogen-bond donors (Lipinski definition) is 0. The van der Waals surface area contributed by atoms with E-state index in [1.54, 1.807) is 25.5 Å². The van der Waals surface area contributed by atoms with Gasteiger partial charge in [-0.05, 0) is 25.5 Å². The molecule has 1 nitrogen and oxygen atoms in total. The number of benzene rings is 1. The Labute approximate surface area is 71.8 Å². The van der Waals surface area contributed by atoms with Crippen molar-refractivity contribution in [1.29, 1.82) is 0 Å².